The van der Waals surface area contributed by atoms with E-state index >= 15 is 0 Å². The number of phenolic OH excluding ortho intramolecular Hbond substituents is 1. The molecule has 0 aliphatic carbocycles. The molecule has 0 spiro atoms. The molecule has 0 aliphatic rings. The molecular weight excluding hydrogens is 354 g/mol. The van der Waals surface area contributed by atoms with Crippen molar-refractivity contribution in [3.63, 3.8) is 0 Å². The zero-order valence-electron chi connectivity index (χ0n) is 11.5. The zero-order chi connectivity index (χ0) is 16.1. The quantitative estimate of drug-likeness (QED) is 0.480. The predicted octanol–water partition coefficient (Wildman–Crippen LogP) is 3.52. The molecule has 22 heavy (non-hydrogen) atoms. The first-order valence-electron chi connectivity index (χ1n) is 6.11. The van der Waals surface area contributed by atoms with E-state index in [-0.39, 0.29) is 11.4 Å². The third-order valence-corrected chi connectivity index (χ3v) is 3.22. The van der Waals surface area contributed by atoms with Crippen LogP contribution >= 0.6 is 15.9 Å². The van der Waals surface area contributed by atoms with Crippen molar-refractivity contribution in [2.45, 2.75) is 0 Å². The fourth-order valence-corrected chi connectivity index (χ4v) is 2.14. The first-order valence-corrected chi connectivity index (χ1v) is 6.90. The highest BCUT2D eigenvalue weighted by Gasteiger charge is 2.08. The summed E-state index contributed by atoms with van der Waals surface area (Å²) in [6, 6.07) is 9.14. The second kappa shape index (κ2) is 6.90. The number of non-ortho nitro benzene ring substituents is 1. The van der Waals surface area contributed by atoms with Crippen LogP contribution in [-0.4, -0.2) is 23.4 Å². The van der Waals surface area contributed by atoms with E-state index in [0.717, 1.165) is 4.47 Å². The summed E-state index contributed by atoms with van der Waals surface area (Å²) in [5.41, 5.74) is 3.77. The minimum atomic E-state index is -0.473. The maximum Gasteiger partial charge on any atom is 0.269 e. The van der Waals surface area contributed by atoms with Crippen molar-refractivity contribution >= 4 is 33.5 Å². The van der Waals surface area contributed by atoms with Gasteiger partial charge in [0.05, 0.1) is 23.9 Å². The lowest BCUT2D eigenvalue weighted by atomic mass is 10.2. The Labute approximate surface area is 134 Å². The summed E-state index contributed by atoms with van der Waals surface area (Å²) in [4.78, 5) is 10.1. The maximum absolute atomic E-state index is 10.6. The highest BCUT2D eigenvalue weighted by atomic mass is 79.9. The first-order chi connectivity index (χ1) is 10.5. The van der Waals surface area contributed by atoms with Crippen molar-refractivity contribution in [3.8, 4) is 11.5 Å². The topological polar surface area (TPSA) is 97.0 Å². The number of methoxy groups -OCH3 is 1. The molecule has 0 saturated carbocycles. The normalized spacial score (nSPS) is 10.6. The Hall–Kier alpha value is -2.61. The van der Waals surface area contributed by atoms with Crippen LogP contribution in [0.4, 0.5) is 11.4 Å². The molecule has 7 nitrogen and oxygen atoms in total. The molecule has 0 atom stereocenters. The molecular formula is C14H12BrN3O4. The van der Waals surface area contributed by atoms with Gasteiger partial charge in [0.15, 0.2) is 11.5 Å². The van der Waals surface area contributed by atoms with E-state index in [4.69, 9.17) is 4.74 Å². The SMILES string of the molecule is COc1cc(Br)cc(/C=N\Nc2ccc([N+](=O)[O-])cc2)c1O. The van der Waals surface area contributed by atoms with Crippen LogP contribution in [0.5, 0.6) is 11.5 Å². The average molecular weight is 366 g/mol. The molecule has 0 amide bonds. The fraction of sp³-hybridized carbons (Fsp3) is 0.0714. The number of aromatic hydroxyl groups is 1. The summed E-state index contributed by atoms with van der Waals surface area (Å²) in [7, 11) is 1.46. The summed E-state index contributed by atoms with van der Waals surface area (Å²) >= 11 is 3.31. The van der Waals surface area contributed by atoms with Gasteiger partial charge < -0.3 is 9.84 Å². The van der Waals surface area contributed by atoms with Gasteiger partial charge in [-0.05, 0) is 24.3 Å². The van der Waals surface area contributed by atoms with Gasteiger partial charge >= 0.3 is 0 Å². The Balaban J connectivity index is 2.12. The first kappa shape index (κ1) is 15.8. The van der Waals surface area contributed by atoms with Gasteiger partial charge in [-0.25, -0.2) is 0 Å². The third kappa shape index (κ3) is 3.73. The highest BCUT2D eigenvalue weighted by molar-refractivity contribution is 9.10. The van der Waals surface area contributed by atoms with E-state index in [9.17, 15) is 15.2 Å². The lowest BCUT2D eigenvalue weighted by Gasteiger charge is -2.06. The minimum absolute atomic E-state index is 0.00361. The molecule has 0 radical (unpaired) electrons. The van der Waals surface area contributed by atoms with E-state index in [1.807, 2.05) is 0 Å². The molecule has 0 heterocycles. The van der Waals surface area contributed by atoms with E-state index in [1.54, 1.807) is 12.1 Å². The van der Waals surface area contributed by atoms with Gasteiger partial charge in [-0.1, -0.05) is 15.9 Å². The minimum Gasteiger partial charge on any atom is -0.504 e. The molecule has 0 fully saturated rings. The Kier molecular flexibility index (Phi) is 4.95. The number of hydrogen-bond donors (Lipinski definition) is 2. The second-order valence-corrected chi connectivity index (χ2v) is 5.14. The number of nitro benzene ring substituents is 1. The maximum atomic E-state index is 10.6. The molecule has 0 aromatic heterocycles. The Morgan fingerprint density at radius 3 is 2.64 bits per heavy atom. The molecule has 0 aliphatic heterocycles. The van der Waals surface area contributed by atoms with Crippen molar-refractivity contribution in [2.75, 3.05) is 12.5 Å². The Bertz CT molecular complexity index is 717. The van der Waals surface area contributed by atoms with E-state index in [0.29, 0.717) is 17.0 Å². The monoisotopic (exact) mass is 365 g/mol. The van der Waals surface area contributed by atoms with Crippen molar-refractivity contribution < 1.29 is 14.8 Å². The number of nitrogens with one attached hydrogen (secondary N) is 1. The molecule has 2 aromatic rings. The molecule has 0 bridgehead atoms. The van der Waals surface area contributed by atoms with Crippen molar-refractivity contribution in [1.29, 1.82) is 0 Å². The molecule has 8 heteroatoms. The van der Waals surface area contributed by atoms with Crippen LogP contribution in [0.1, 0.15) is 5.56 Å². The predicted molar refractivity (Wildman–Crippen MR) is 86.7 cm³/mol. The molecule has 0 saturated heterocycles. The molecule has 0 unspecified atom stereocenters. The molecule has 2 aromatic carbocycles. The number of phenols is 1. The number of hydrazone groups is 1. The van der Waals surface area contributed by atoms with Crippen LogP contribution in [0.2, 0.25) is 0 Å². The average Bonchev–Trinajstić information content (AvgIpc) is 2.50. The van der Waals surface area contributed by atoms with Crippen molar-refractivity contribution in [3.05, 3.63) is 56.5 Å². The van der Waals surface area contributed by atoms with Gasteiger partial charge in [-0.3, -0.25) is 15.5 Å². The van der Waals surface area contributed by atoms with E-state index in [1.165, 1.54) is 37.6 Å². The van der Waals surface area contributed by atoms with Crippen LogP contribution in [0.3, 0.4) is 0 Å². The van der Waals surface area contributed by atoms with Crippen molar-refractivity contribution in [1.82, 2.24) is 0 Å². The lowest BCUT2D eigenvalue weighted by molar-refractivity contribution is -0.384. The lowest BCUT2D eigenvalue weighted by Crippen LogP contribution is -1.94. The largest absolute Gasteiger partial charge is 0.504 e. The summed E-state index contributed by atoms with van der Waals surface area (Å²) in [6.45, 7) is 0. The summed E-state index contributed by atoms with van der Waals surface area (Å²) in [5, 5.41) is 24.5. The fourth-order valence-electron chi connectivity index (χ4n) is 1.68. The van der Waals surface area contributed by atoms with E-state index in [2.05, 4.69) is 26.5 Å². The van der Waals surface area contributed by atoms with Gasteiger partial charge in [0.1, 0.15) is 0 Å². The number of anilines is 1. The molecule has 114 valence electrons. The van der Waals surface area contributed by atoms with Crippen LogP contribution in [0.25, 0.3) is 0 Å². The number of benzene rings is 2. The number of rotatable bonds is 5. The van der Waals surface area contributed by atoms with Gasteiger partial charge in [0.25, 0.3) is 5.69 Å². The Morgan fingerprint density at radius 2 is 2.05 bits per heavy atom. The van der Waals surface area contributed by atoms with Crippen LogP contribution in [-0.2, 0) is 0 Å². The number of nitrogens with zero attached hydrogens (tertiary/aromatic N) is 2. The number of halogens is 1. The van der Waals surface area contributed by atoms with Crippen LogP contribution in [0, 0.1) is 10.1 Å². The summed E-state index contributed by atoms with van der Waals surface area (Å²) in [5.74, 6) is 0.297. The Morgan fingerprint density at radius 1 is 1.36 bits per heavy atom. The van der Waals surface area contributed by atoms with Gasteiger partial charge in [-0.15, -0.1) is 0 Å². The van der Waals surface area contributed by atoms with Crippen molar-refractivity contribution in [2.24, 2.45) is 5.10 Å². The molecule has 2 N–H and O–H groups in total. The summed E-state index contributed by atoms with van der Waals surface area (Å²) in [6.07, 6.45) is 1.42. The zero-order valence-corrected chi connectivity index (χ0v) is 13.1. The third-order valence-electron chi connectivity index (χ3n) is 2.76. The summed E-state index contributed by atoms with van der Waals surface area (Å²) < 4.78 is 5.78. The van der Waals surface area contributed by atoms with Crippen LogP contribution in [0.15, 0.2) is 46.0 Å². The smallest absolute Gasteiger partial charge is 0.269 e. The van der Waals surface area contributed by atoms with E-state index < -0.39 is 4.92 Å². The van der Waals surface area contributed by atoms with Gasteiger partial charge in [0.2, 0.25) is 0 Å². The number of nitro groups is 1. The highest BCUT2D eigenvalue weighted by Crippen LogP contribution is 2.32. The standard InChI is InChI=1S/C14H12BrN3O4/c1-22-13-7-10(15)6-9(14(13)19)8-16-17-11-2-4-12(5-3-11)18(20)21/h2-8,17,19H,1H3/b16-8-. The van der Waals surface area contributed by atoms with Gasteiger partial charge in [0, 0.05) is 22.2 Å². The second-order valence-electron chi connectivity index (χ2n) is 4.22. The number of hydrogen-bond acceptors (Lipinski definition) is 6. The molecule has 2 rings (SSSR count). The number of ether oxygens (including phenoxy) is 1. The van der Waals surface area contributed by atoms with Crippen LogP contribution < -0.4 is 10.2 Å². The van der Waals surface area contributed by atoms with Gasteiger partial charge in [-0.2, -0.15) is 5.10 Å².